The van der Waals surface area contributed by atoms with E-state index in [4.69, 9.17) is 11.6 Å². The fraction of sp³-hybridized carbons (Fsp3) is 0.300. The van der Waals surface area contributed by atoms with Crippen LogP contribution in [0.15, 0.2) is 23.2 Å². The van der Waals surface area contributed by atoms with Crippen LogP contribution in [0.25, 0.3) is 0 Å². The van der Waals surface area contributed by atoms with Crippen LogP contribution >= 0.6 is 11.6 Å². The molecule has 0 saturated carbocycles. The van der Waals surface area contributed by atoms with Gasteiger partial charge in [0.15, 0.2) is 0 Å². The lowest BCUT2D eigenvalue weighted by Crippen LogP contribution is -1.91. The number of hydrogen-bond donors (Lipinski definition) is 0. The maximum Gasteiger partial charge on any atom is 0.235 e. The molecule has 1 rings (SSSR count). The van der Waals surface area contributed by atoms with Crippen molar-refractivity contribution >= 4 is 17.7 Å². The van der Waals surface area contributed by atoms with Crippen molar-refractivity contribution in [1.82, 2.24) is 0 Å². The molecule has 0 fully saturated rings. The van der Waals surface area contributed by atoms with Crippen molar-refractivity contribution in [2.75, 3.05) is 0 Å². The first kappa shape index (κ1) is 9.97. The number of isocyanates is 1. The van der Waals surface area contributed by atoms with Gasteiger partial charge in [0.05, 0.1) is 6.04 Å². The van der Waals surface area contributed by atoms with E-state index in [1.54, 1.807) is 0 Å². The fourth-order valence-corrected chi connectivity index (χ4v) is 1.41. The minimum absolute atomic E-state index is 0.218. The molecule has 0 bridgehead atoms. The molecule has 2 nitrogen and oxygen atoms in total. The summed E-state index contributed by atoms with van der Waals surface area (Å²) in [7, 11) is 0. The van der Waals surface area contributed by atoms with Gasteiger partial charge in [0.1, 0.15) is 0 Å². The van der Waals surface area contributed by atoms with E-state index in [0.717, 1.165) is 11.1 Å². The first-order chi connectivity index (χ1) is 6.15. The molecule has 1 atom stereocenters. The third-order valence-corrected chi connectivity index (χ3v) is 2.19. The molecule has 1 aromatic rings. The molecule has 0 aliphatic carbocycles. The summed E-state index contributed by atoms with van der Waals surface area (Å²) in [5.41, 5.74) is 1.97. The molecule has 0 aliphatic heterocycles. The van der Waals surface area contributed by atoms with E-state index < -0.39 is 0 Å². The molecule has 68 valence electrons. The number of rotatable bonds is 2. The largest absolute Gasteiger partial charge is 0.235 e. The highest BCUT2D eigenvalue weighted by Gasteiger charge is 2.07. The Morgan fingerprint density at radius 2 is 2.23 bits per heavy atom. The molecule has 0 spiro atoms. The molecule has 13 heavy (non-hydrogen) atoms. The van der Waals surface area contributed by atoms with Crippen molar-refractivity contribution in [3.8, 4) is 0 Å². The topological polar surface area (TPSA) is 29.4 Å². The molecule has 1 unspecified atom stereocenters. The number of halogens is 1. The van der Waals surface area contributed by atoms with E-state index in [1.807, 2.05) is 32.0 Å². The second-order valence-corrected chi connectivity index (χ2v) is 3.33. The molecule has 1 aromatic carbocycles. The summed E-state index contributed by atoms with van der Waals surface area (Å²) < 4.78 is 0. The van der Waals surface area contributed by atoms with Crippen LogP contribution in [-0.2, 0) is 4.79 Å². The van der Waals surface area contributed by atoms with E-state index in [-0.39, 0.29) is 6.04 Å². The van der Waals surface area contributed by atoms with Crippen LogP contribution < -0.4 is 0 Å². The molecule has 0 aromatic heterocycles. The zero-order valence-corrected chi connectivity index (χ0v) is 8.30. The summed E-state index contributed by atoms with van der Waals surface area (Å²) in [4.78, 5) is 13.7. The average molecular weight is 196 g/mol. The van der Waals surface area contributed by atoms with Gasteiger partial charge >= 0.3 is 0 Å². The molecular weight excluding hydrogens is 186 g/mol. The lowest BCUT2D eigenvalue weighted by atomic mass is 10.1. The second kappa shape index (κ2) is 4.22. The van der Waals surface area contributed by atoms with Crippen LogP contribution in [0.5, 0.6) is 0 Å². The van der Waals surface area contributed by atoms with Gasteiger partial charge in [-0.05, 0) is 25.5 Å². The van der Waals surface area contributed by atoms with Crippen molar-refractivity contribution < 1.29 is 4.79 Å². The van der Waals surface area contributed by atoms with Gasteiger partial charge in [0, 0.05) is 5.02 Å². The molecule has 0 heterocycles. The number of hydrogen-bond acceptors (Lipinski definition) is 2. The van der Waals surface area contributed by atoms with E-state index in [1.165, 1.54) is 6.08 Å². The van der Waals surface area contributed by atoms with Crippen LogP contribution in [0.1, 0.15) is 24.1 Å². The lowest BCUT2D eigenvalue weighted by molar-refractivity contribution is 0.559. The smallest absolute Gasteiger partial charge is 0.211 e. The highest BCUT2D eigenvalue weighted by molar-refractivity contribution is 6.31. The molecule has 0 amide bonds. The fourth-order valence-electron chi connectivity index (χ4n) is 1.13. The van der Waals surface area contributed by atoms with Gasteiger partial charge in [-0.15, -0.1) is 0 Å². The third kappa shape index (κ3) is 2.41. The normalized spacial score (nSPS) is 11.9. The summed E-state index contributed by atoms with van der Waals surface area (Å²) in [6, 6.07) is 5.44. The van der Waals surface area contributed by atoms with Crippen molar-refractivity contribution in [1.29, 1.82) is 0 Å². The molecule has 0 aliphatic rings. The highest BCUT2D eigenvalue weighted by Crippen LogP contribution is 2.25. The Balaban J connectivity index is 3.12. The Kier molecular flexibility index (Phi) is 3.24. The highest BCUT2D eigenvalue weighted by atomic mass is 35.5. The summed E-state index contributed by atoms with van der Waals surface area (Å²) >= 11 is 5.94. The number of nitrogens with zero attached hydrogens (tertiary/aromatic N) is 1. The van der Waals surface area contributed by atoms with Gasteiger partial charge in [0.2, 0.25) is 6.08 Å². The predicted octanol–water partition coefficient (Wildman–Crippen LogP) is 3.05. The SMILES string of the molecule is Cc1ccc(Cl)c(C(C)N=C=O)c1. The van der Waals surface area contributed by atoms with Crippen molar-refractivity contribution in [2.45, 2.75) is 19.9 Å². The molecular formula is C10H10ClNO. The summed E-state index contributed by atoms with van der Waals surface area (Å²) in [5.74, 6) is 0. The van der Waals surface area contributed by atoms with E-state index in [0.29, 0.717) is 5.02 Å². The Hall–Kier alpha value is -1.11. The Bertz CT molecular complexity index is 356. The Morgan fingerprint density at radius 1 is 1.54 bits per heavy atom. The average Bonchev–Trinajstić information content (AvgIpc) is 2.09. The minimum Gasteiger partial charge on any atom is -0.211 e. The molecule has 0 N–H and O–H groups in total. The van der Waals surface area contributed by atoms with Gasteiger partial charge < -0.3 is 0 Å². The van der Waals surface area contributed by atoms with Crippen LogP contribution in [0.3, 0.4) is 0 Å². The molecule has 3 heteroatoms. The maximum absolute atomic E-state index is 10.1. The molecule has 0 radical (unpaired) electrons. The second-order valence-electron chi connectivity index (χ2n) is 2.92. The standard InChI is InChI=1S/C10H10ClNO/c1-7-3-4-10(11)9(5-7)8(2)12-6-13/h3-5,8H,1-2H3. The first-order valence-corrected chi connectivity index (χ1v) is 4.36. The van der Waals surface area contributed by atoms with E-state index >= 15 is 0 Å². The zero-order valence-electron chi connectivity index (χ0n) is 7.54. The maximum atomic E-state index is 10.1. The van der Waals surface area contributed by atoms with Crippen LogP contribution in [0, 0.1) is 6.92 Å². The summed E-state index contributed by atoms with van der Waals surface area (Å²) in [5, 5.41) is 0.636. The number of benzene rings is 1. The van der Waals surface area contributed by atoms with Gasteiger partial charge in [-0.25, -0.2) is 4.79 Å². The number of aryl methyl sites for hydroxylation is 1. The van der Waals surface area contributed by atoms with E-state index in [9.17, 15) is 4.79 Å². The summed E-state index contributed by atoms with van der Waals surface area (Å²) in [6.07, 6.45) is 1.53. The first-order valence-electron chi connectivity index (χ1n) is 3.98. The lowest BCUT2D eigenvalue weighted by Gasteiger charge is -2.07. The molecule has 0 saturated heterocycles. The minimum atomic E-state index is -0.218. The van der Waals surface area contributed by atoms with Gasteiger partial charge in [0.25, 0.3) is 0 Å². The zero-order chi connectivity index (χ0) is 9.84. The van der Waals surface area contributed by atoms with Crippen molar-refractivity contribution in [3.63, 3.8) is 0 Å². The Labute approximate surface area is 82.3 Å². The van der Waals surface area contributed by atoms with Crippen LogP contribution in [-0.4, -0.2) is 6.08 Å². The quantitative estimate of drug-likeness (QED) is 0.527. The predicted molar refractivity (Wildman–Crippen MR) is 52.7 cm³/mol. The van der Waals surface area contributed by atoms with Crippen LogP contribution in [0.4, 0.5) is 0 Å². The van der Waals surface area contributed by atoms with Crippen molar-refractivity contribution in [2.24, 2.45) is 4.99 Å². The van der Waals surface area contributed by atoms with Crippen LogP contribution in [0.2, 0.25) is 5.02 Å². The monoisotopic (exact) mass is 195 g/mol. The number of aliphatic imine (C=N–C) groups is 1. The van der Waals surface area contributed by atoms with E-state index in [2.05, 4.69) is 4.99 Å². The van der Waals surface area contributed by atoms with Gasteiger partial charge in [-0.3, -0.25) is 0 Å². The Morgan fingerprint density at radius 3 is 2.85 bits per heavy atom. The van der Waals surface area contributed by atoms with Gasteiger partial charge in [-0.2, -0.15) is 4.99 Å². The van der Waals surface area contributed by atoms with Gasteiger partial charge in [-0.1, -0.05) is 29.3 Å². The number of carbonyl (C=O) groups excluding carboxylic acids is 1. The summed E-state index contributed by atoms with van der Waals surface area (Å²) in [6.45, 7) is 3.78. The third-order valence-electron chi connectivity index (χ3n) is 1.85. The van der Waals surface area contributed by atoms with Crippen molar-refractivity contribution in [3.05, 3.63) is 34.3 Å².